The van der Waals surface area contributed by atoms with Crippen LogP contribution in [0.2, 0.25) is 5.02 Å². The zero-order valence-electron chi connectivity index (χ0n) is 12.5. The maximum absolute atomic E-state index is 12.2. The Morgan fingerprint density at radius 3 is 2.57 bits per heavy atom. The SMILES string of the molecule is Cn1nc(C(=O)NCc2ccncc2)cc1-c1ccc(Cl)cc1. The van der Waals surface area contributed by atoms with Crippen LogP contribution in [-0.2, 0) is 13.6 Å². The molecule has 5 nitrogen and oxygen atoms in total. The lowest BCUT2D eigenvalue weighted by Crippen LogP contribution is -2.23. The maximum atomic E-state index is 12.2. The molecule has 3 aromatic rings. The fourth-order valence-electron chi connectivity index (χ4n) is 2.24. The predicted molar refractivity (Wildman–Crippen MR) is 89.1 cm³/mol. The second-order valence-electron chi connectivity index (χ2n) is 5.08. The largest absolute Gasteiger partial charge is 0.347 e. The summed E-state index contributed by atoms with van der Waals surface area (Å²) in [5, 5.41) is 7.81. The summed E-state index contributed by atoms with van der Waals surface area (Å²) >= 11 is 5.90. The van der Waals surface area contributed by atoms with E-state index < -0.39 is 0 Å². The van der Waals surface area contributed by atoms with Crippen molar-refractivity contribution in [3.05, 3.63) is 71.1 Å². The average Bonchev–Trinajstić information content (AvgIpc) is 2.96. The van der Waals surface area contributed by atoms with Gasteiger partial charge in [0.2, 0.25) is 0 Å². The third-order valence-electron chi connectivity index (χ3n) is 3.45. The van der Waals surface area contributed by atoms with E-state index in [0.717, 1.165) is 16.8 Å². The van der Waals surface area contributed by atoms with Gasteiger partial charge in [0.05, 0.1) is 5.69 Å². The molecule has 0 aliphatic heterocycles. The number of benzene rings is 1. The van der Waals surface area contributed by atoms with Crippen LogP contribution in [0.3, 0.4) is 0 Å². The summed E-state index contributed by atoms with van der Waals surface area (Å²) < 4.78 is 1.69. The van der Waals surface area contributed by atoms with Crippen LogP contribution >= 0.6 is 11.6 Å². The van der Waals surface area contributed by atoms with Crippen molar-refractivity contribution in [1.29, 1.82) is 0 Å². The molecule has 0 unspecified atom stereocenters. The summed E-state index contributed by atoms with van der Waals surface area (Å²) in [6, 6.07) is 12.9. The summed E-state index contributed by atoms with van der Waals surface area (Å²) in [6.45, 7) is 0.439. The minimum Gasteiger partial charge on any atom is -0.347 e. The number of rotatable bonds is 4. The van der Waals surface area contributed by atoms with Crippen LogP contribution in [0.5, 0.6) is 0 Å². The molecule has 0 saturated carbocycles. The maximum Gasteiger partial charge on any atom is 0.272 e. The summed E-state index contributed by atoms with van der Waals surface area (Å²) in [5.74, 6) is -0.211. The number of hydrogen-bond acceptors (Lipinski definition) is 3. The molecule has 0 saturated heterocycles. The van der Waals surface area contributed by atoms with Crippen molar-refractivity contribution in [3.63, 3.8) is 0 Å². The van der Waals surface area contributed by atoms with Crippen molar-refractivity contribution in [2.45, 2.75) is 6.54 Å². The second-order valence-corrected chi connectivity index (χ2v) is 5.52. The molecule has 1 amide bonds. The first-order chi connectivity index (χ1) is 11.1. The molecule has 1 N–H and O–H groups in total. The van der Waals surface area contributed by atoms with Gasteiger partial charge in [-0.25, -0.2) is 0 Å². The quantitative estimate of drug-likeness (QED) is 0.801. The van der Waals surface area contributed by atoms with E-state index in [0.29, 0.717) is 17.3 Å². The Kier molecular flexibility index (Phi) is 4.39. The van der Waals surface area contributed by atoms with Gasteiger partial charge in [-0.2, -0.15) is 5.10 Å². The third-order valence-corrected chi connectivity index (χ3v) is 3.71. The van der Waals surface area contributed by atoms with E-state index in [4.69, 9.17) is 11.6 Å². The molecule has 0 aliphatic rings. The number of carbonyl (C=O) groups is 1. The van der Waals surface area contributed by atoms with Crippen molar-refractivity contribution in [2.24, 2.45) is 7.05 Å². The van der Waals surface area contributed by atoms with Crippen LogP contribution in [-0.4, -0.2) is 20.7 Å². The van der Waals surface area contributed by atoms with E-state index in [9.17, 15) is 4.79 Å². The molecule has 1 aromatic carbocycles. The molecule has 2 heterocycles. The van der Waals surface area contributed by atoms with Crippen LogP contribution in [0.4, 0.5) is 0 Å². The number of nitrogens with one attached hydrogen (secondary N) is 1. The smallest absolute Gasteiger partial charge is 0.272 e. The van der Waals surface area contributed by atoms with Crippen molar-refractivity contribution in [2.75, 3.05) is 0 Å². The zero-order chi connectivity index (χ0) is 16.2. The normalized spacial score (nSPS) is 10.5. The fourth-order valence-corrected chi connectivity index (χ4v) is 2.37. The van der Waals surface area contributed by atoms with Crippen LogP contribution in [0.15, 0.2) is 54.9 Å². The standard InChI is InChI=1S/C17H15ClN4O/c1-22-16(13-2-4-14(18)5-3-13)10-15(21-22)17(23)20-11-12-6-8-19-9-7-12/h2-10H,11H2,1H3,(H,20,23). The summed E-state index contributed by atoms with van der Waals surface area (Å²) in [5.41, 5.74) is 3.18. The Hall–Kier alpha value is -2.66. The molecule has 6 heteroatoms. The molecule has 23 heavy (non-hydrogen) atoms. The van der Waals surface area contributed by atoms with Gasteiger partial charge in [0.1, 0.15) is 0 Å². The number of hydrogen-bond donors (Lipinski definition) is 1. The number of pyridine rings is 1. The first-order valence-electron chi connectivity index (χ1n) is 7.10. The first kappa shape index (κ1) is 15.2. The number of nitrogens with zero attached hydrogens (tertiary/aromatic N) is 3. The summed E-state index contributed by atoms with van der Waals surface area (Å²) in [6.07, 6.45) is 3.39. The van der Waals surface area contributed by atoms with E-state index in [1.807, 2.05) is 43.4 Å². The third kappa shape index (κ3) is 3.57. The van der Waals surface area contributed by atoms with Crippen molar-refractivity contribution < 1.29 is 4.79 Å². The Morgan fingerprint density at radius 1 is 1.17 bits per heavy atom. The highest BCUT2D eigenvalue weighted by molar-refractivity contribution is 6.30. The lowest BCUT2D eigenvalue weighted by Gasteiger charge is -2.02. The van der Waals surface area contributed by atoms with E-state index >= 15 is 0 Å². The molecule has 0 atom stereocenters. The zero-order valence-corrected chi connectivity index (χ0v) is 13.3. The lowest BCUT2D eigenvalue weighted by molar-refractivity contribution is 0.0945. The van der Waals surface area contributed by atoms with E-state index in [-0.39, 0.29) is 5.91 Å². The van der Waals surface area contributed by atoms with Gasteiger partial charge in [-0.05, 0) is 41.5 Å². The van der Waals surface area contributed by atoms with Crippen LogP contribution in [0.1, 0.15) is 16.1 Å². The van der Waals surface area contributed by atoms with Gasteiger partial charge in [-0.1, -0.05) is 23.7 Å². The molecule has 116 valence electrons. The van der Waals surface area contributed by atoms with Gasteiger partial charge in [0.25, 0.3) is 5.91 Å². The fraction of sp³-hybridized carbons (Fsp3) is 0.118. The number of carbonyl (C=O) groups excluding carboxylic acids is 1. The number of aromatic nitrogens is 3. The number of amides is 1. The monoisotopic (exact) mass is 326 g/mol. The van der Waals surface area contributed by atoms with E-state index in [2.05, 4.69) is 15.4 Å². The Labute approximate surface area is 138 Å². The van der Waals surface area contributed by atoms with Gasteiger partial charge >= 0.3 is 0 Å². The summed E-state index contributed by atoms with van der Waals surface area (Å²) in [7, 11) is 1.81. The minimum atomic E-state index is -0.211. The van der Waals surface area contributed by atoms with Crippen LogP contribution < -0.4 is 5.32 Å². The Balaban J connectivity index is 1.75. The highest BCUT2D eigenvalue weighted by Gasteiger charge is 2.13. The van der Waals surface area contributed by atoms with Crippen molar-refractivity contribution in [3.8, 4) is 11.3 Å². The topological polar surface area (TPSA) is 59.8 Å². The van der Waals surface area contributed by atoms with Gasteiger partial charge < -0.3 is 5.32 Å². The van der Waals surface area contributed by atoms with Gasteiger partial charge in [-0.15, -0.1) is 0 Å². The van der Waals surface area contributed by atoms with Crippen molar-refractivity contribution >= 4 is 17.5 Å². The molecule has 2 aromatic heterocycles. The minimum absolute atomic E-state index is 0.211. The Morgan fingerprint density at radius 2 is 1.87 bits per heavy atom. The predicted octanol–water partition coefficient (Wildman–Crippen LogP) is 3.07. The van der Waals surface area contributed by atoms with Gasteiger partial charge in [0, 0.05) is 31.0 Å². The number of halogens is 1. The lowest BCUT2D eigenvalue weighted by atomic mass is 10.1. The van der Waals surface area contributed by atoms with Gasteiger partial charge in [-0.3, -0.25) is 14.5 Å². The van der Waals surface area contributed by atoms with Crippen LogP contribution in [0.25, 0.3) is 11.3 Å². The average molecular weight is 327 g/mol. The number of aryl methyl sites for hydroxylation is 1. The highest BCUT2D eigenvalue weighted by atomic mass is 35.5. The molecule has 0 fully saturated rings. The highest BCUT2D eigenvalue weighted by Crippen LogP contribution is 2.22. The molecule has 0 spiro atoms. The molecule has 0 bridgehead atoms. The summed E-state index contributed by atoms with van der Waals surface area (Å²) in [4.78, 5) is 16.2. The molecule has 0 radical (unpaired) electrons. The molecule has 3 rings (SSSR count). The Bertz CT molecular complexity index is 812. The molecular weight excluding hydrogens is 312 g/mol. The molecular formula is C17H15ClN4O. The molecule has 0 aliphatic carbocycles. The van der Waals surface area contributed by atoms with E-state index in [1.165, 1.54) is 0 Å². The first-order valence-corrected chi connectivity index (χ1v) is 7.48. The van der Waals surface area contributed by atoms with Crippen molar-refractivity contribution in [1.82, 2.24) is 20.1 Å². The van der Waals surface area contributed by atoms with Crippen LogP contribution in [0, 0.1) is 0 Å². The van der Waals surface area contributed by atoms with E-state index in [1.54, 1.807) is 23.1 Å². The van der Waals surface area contributed by atoms with Gasteiger partial charge in [0.15, 0.2) is 5.69 Å². The second kappa shape index (κ2) is 6.62.